The molecule has 0 aliphatic heterocycles. The van der Waals surface area contributed by atoms with Crippen molar-refractivity contribution in [2.75, 3.05) is 26.0 Å². The molecule has 128 valence electrons. The van der Waals surface area contributed by atoms with Crippen molar-refractivity contribution < 1.29 is 0 Å². The highest BCUT2D eigenvalue weighted by atomic mass is 15.2. The summed E-state index contributed by atoms with van der Waals surface area (Å²) in [6, 6.07) is 15.1. The predicted octanol–water partition coefficient (Wildman–Crippen LogP) is 3.23. The maximum Gasteiger partial charge on any atom is 0.191 e. The molecule has 0 radical (unpaired) electrons. The fourth-order valence-corrected chi connectivity index (χ4v) is 2.54. The molecule has 2 rings (SSSR count). The van der Waals surface area contributed by atoms with E-state index in [1.54, 1.807) is 7.05 Å². The van der Waals surface area contributed by atoms with E-state index < -0.39 is 0 Å². The summed E-state index contributed by atoms with van der Waals surface area (Å²) in [6.07, 6.45) is 0. The van der Waals surface area contributed by atoms with Crippen molar-refractivity contribution in [3.63, 3.8) is 0 Å². The van der Waals surface area contributed by atoms with Gasteiger partial charge in [0.15, 0.2) is 5.96 Å². The van der Waals surface area contributed by atoms with Crippen molar-refractivity contribution in [3.05, 3.63) is 64.7 Å². The normalized spacial score (nSPS) is 11.3. The quantitative estimate of drug-likeness (QED) is 0.655. The zero-order chi connectivity index (χ0) is 17.5. The van der Waals surface area contributed by atoms with Crippen LogP contribution in [0.1, 0.15) is 22.3 Å². The van der Waals surface area contributed by atoms with E-state index >= 15 is 0 Å². The molecule has 2 aromatic rings. The zero-order valence-corrected chi connectivity index (χ0v) is 15.4. The number of nitrogens with zero attached hydrogens (tertiary/aromatic N) is 2. The van der Waals surface area contributed by atoms with Crippen LogP contribution in [0.2, 0.25) is 0 Å². The van der Waals surface area contributed by atoms with E-state index in [1.165, 1.54) is 27.9 Å². The second-order valence-electron chi connectivity index (χ2n) is 6.27. The third-order valence-corrected chi connectivity index (χ3v) is 4.08. The van der Waals surface area contributed by atoms with Gasteiger partial charge < -0.3 is 15.5 Å². The van der Waals surface area contributed by atoms with Crippen LogP contribution in [0, 0.1) is 13.8 Å². The number of anilines is 1. The fourth-order valence-electron chi connectivity index (χ4n) is 2.54. The first-order valence-electron chi connectivity index (χ1n) is 8.26. The number of hydrogen-bond donors (Lipinski definition) is 2. The van der Waals surface area contributed by atoms with E-state index in [4.69, 9.17) is 0 Å². The molecule has 0 aliphatic rings. The molecule has 0 spiro atoms. The van der Waals surface area contributed by atoms with Crippen LogP contribution in [-0.2, 0) is 13.1 Å². The van der Waals surface area contributed by atoms with Crippen molar-refractivity contribution in [3.8, 4) is 0 Å². The second kappa shape index (κ2) is 8.39. The number of aliphatic imine (C=N–C) groups is 1. The first-order chi connectivity index (χ1) is 11.5. The lowest BCUT2D eigenvalue weighted by Gasteiger charge is -2.15. The minimum Gasteiger partial charge on any atom is -0.378 e. The predicted molar refractivity (Wildman–Crippen MR) is 104 cm³/mol. The average molecular weight is 324 g/mol. The van der Waals surface area contributed by atoms with Gasteiger partial charge in [-0.15, -0.1) is 0 Å². The number of rotatable bonds is 5. The lowest BCUT2D eigenvalue weighted by molar-refractivity contribution is 0.806. The largest absolute Gasteiger partial charge is 0.378 e. The monoisotopic (exact) mass is 324 g/mol. The van der Waals surface area contributed by atoms with Gasteiger partial charge in [-0.25, -0.2) is 0 Å². The van der Waals surface area contributed by atoms with E-state index in [0.717, 1.165) is 19.0 Å². The fraction of sp³-hybridized carbons (Fsp3) is 0.350. The Morgan fingerprint density at radius 3 is 2.21 bits per heavy atom. The smallest absolute Gasteiger partial charge is 0.191 e. The summed E-state index contributed by atoms with van der Waals surface area (Å²) in [7, 11) is 5.89. The molecule has 4 heteroatoms. The summed E-state index contributed by atoms with van der Waals surface area (Å²) < 4.78 is 0. The van der Waals surface area contributed by atoms with Gasteiger partial charge in [0.2, 0.25) is 0 Å². The number of nitrogens with one attached hydrogen (secondary N) is 2. The van der Waals surface area contributed by atoms with Gasteiger partial charge in [-0.2, -0.15) is 0 Å². The molecule has 0 amide bonds. The Bertz CT molecular complexity index is 687. The van der Waals surface area contributed by atoms with Crippen molar-refractivity contribution in [2.24, 2.45) is 4.99 Å². The molecule has 0 aromatic heterocycles. The van der Waals surface area contributed by atoms with Crippen LogP contribution in [0.5, 0.6) is 0 Å². The summed E-state index contributed by atoms with van der Waals surface area (Å²) in [4.78, 5) is 6.40. The standard InChI is InChI=1S/C20H28N4/c1-15-6-9-18(16(2)12-15)14-23-20(21-3)22-13-17-7-10-19(11-8-17)24(4)5/h6-12H,13-14H2,1-5H3,(H2,21,22,23). The van der Waals surface area contributed by atoms with Crippen LogP contribution < -0.4 is 15.5 Å². The van der Waals surface area contributed by atoms with Gasteiger partial charge in [-0.05, 0) is 42.7 Å². The Balaban J connectivity index is 1.88. The lowest BCUT2D eigenvalue weighted by Crippen LogP contribution is -2.36. The summed E-state index contributed by atoms with van der Waals surface area (Å²) in [6.45, 7) is 5.78. The highest BCUT2D eigenvalue weighted by molar-refractivity contribution is 5.79. The SMILES string of the molecule is CN=C(NCc1ccc(N(C)C)cc1)NCc1ccc(C)cc1C. The van der Waals surface area contributed by atoms with Crippen LogP contribution in [0.15, 0.2) is 47.5 Å². The van der Waals surface area contributed by atoms with Gasteiger partial charge in [0.05, 0.1) is 0 Å². The van der Waals surface area contributed by atoms with Crippen LogP contribution in [-0.4, -0.2) is 27.1 Å². The molecular weight excluding hydrogens is 296 g/mol. The number of benzene rings is 2. The maximum atomic E-state index is 4.30. The van der Waals surface area contributed by atoms with Gasteiger partial charge in [0.25, 0.3) is 0 Å². The summed E-state index contributed by atoms with van der Waals surface area (Å²) in [5, 5.41) is 6.74. The van der Waals surface area contributed by atoms with E-state index in [9.17, 15) is 0 Å². The minimum absolute atomic E-state index is 0.750. The maximum absolute atomic E-state index is 4.30. The van der Waals surface area contributed by atoms with Gasteiger partial charge >= 0.3 is 0 Å². The Labute approximate surface area is 145 Å². The van der Waals surface area contributed by atoms with Crippen molar-refractivity contribution in [1.29, 1.82) is 0 Å². The molecule has 0 atom stereocenters. The Kier molecular flexibility index (Phi) is 6.24. The molecule has 0 bridgehead atoms. The van der Waals surface area contributed by atoms with Crippen molar-refractivity contribution in [2.45, 2.75) is 26.9 Å². The molecule has 4 nitrogen and oxygen atoms in total. The molecule has 24 heavy (non-hydrogen) atoms. The Morgan fingerprint density at radius 2 is 1.62 bits per heavy atom. The molecule has 0 saturated heterocycles. The van der Waals surface area contributed by atoms with Crippen LogP contribution >= 0.6 is 0 Å². The summed E-state index contributed by atoms with van der Waals surface area (Å²) in [5.41, 5.74) is 6.32. The van der Waals surface area contributed by atoms with Gasteiger partial charge in [-0.1, -0.05) is 35.9 Å². The lowest BCUT2D eigenvalue weighted by atomic mass is 10.1. The molecule has 0 heterocycles. The first-order valence-corrected chi connectivity index (χ1v) is 8.26. The highest BCUT2D eigenvalue weighted by Gasteiger charge is 2.02. The summed E-state index contributed by atoms with van der Waals surface area (Å²) >= 11 is 0. The van der Waals surface area contributed by atoms with Gasteiger partial charge in [-0.3, -0.25) is 4.99 Å². The van der Waals surface area contributed by atoms with Crippen LogP contribution in [0.25, 0.3) is 0 Å². The molecular formula is C20H28N4. The van der Waals surface area contributed by atoms with Crippen LogP contribution in [0.4, 0.5) is 5.69 Å². The number of hydrogen-bond acceptors (Lipinski definition) is 2. The molecule has 0 fully saturated rings. The van der Waals surface area contributed by atoms with E-state index in [-0.39, 0.29) is 0 Å². The van der Waals surface area contributed by atoms with Crippen molar-refractivity contribution >= 4 is 11.6 Å². The number of guanidine groups is 1. The second-order valence-corrected chi connectivity index (χ2v) is 6.27. The molecule has 2 N–H and O–H groups in total. The highest BCUT2D eigenvalue weighted by Crippen LogP contribution is 2.12. The van der Waals surface area contributed by atoms with E-state index in [0.29, 0.717) is 0 Å². The first kappa shape index (κ1) is 17.9. The van der Waals surface area contributed by atoms with Gasteiger partial charge in [0, 0.05) is 39.9 Å². The number of aryl methyl sites for hydroxylation is 2. The molecule has 2 aromatic carbocycles. The minimum atomic E-state index is 0.750. The van der Waals surface area contributed by atoms with E-state index in [1.807, 2.05) is 14.1 Å². The summed E-state index contributed by atoms with van der Waals surface area (Å²) in [5.74, 6) is 0.812. The Hall–Kier alpha value is -2.49. The van der Waals surface area contributed by atoms with E-state index in [2.05, 4.69) is 76.8 Å². The Morgan fingerprint density at radius 1 is 0.958 bits per heavy atom. The third kappa shape index (κ3) is 5.01. The molecule has 0 unspecified atom stereocenters. The molecule has 0 saturated carbocycles. The van der Waals surface area contributed by atoms with Crippen LogP contribution in [0.3, 0.4) is 0 Å². The van der Waals surface area contributed by atoms with Crippen molar-refractivity contribution in [1.82, 2.24) is 10.6 Å². The molecule has 0 aliphatic carbocycles. The average Bonchev–Trinajstić information content (AvgIpc) is 2.57. The topological polar surface area (TPSA) is 39.7 Å². The third-order valence-electron chi connectivity index (χ3n) is 4.08. The zero-order valence-electron chi connectivity index (χ0n) is 15.4. The van der Waals surface area contributed by atoms with Gasteiger partial charge in [0.1, 0.15) is 0 Å².